The first-order valence-electron chi connectivity index (χ1n) is 11.3. The van der Waals surface area contributed by atoms with Gasteiger partial charge in [-0.15, -0.1) is 0 Å². The summed E-state index contributed by atoms with van der Waals surface area (Å²) in [6.07, 6.45) is 7.41. The van der Waals surface area contributed by atoms with Crippen LogP contribution in [0.2, 0.25) is 0 Å². The van der Waals surface area contributed by atoms with E-state index in [4.69, 9.17) is 0 Å². The third-order valence-electron chi connectivity index (χ3n) is 6.23. The molecule has 1 unspecified atom stereocenters. The number of amides is 2. The number of carbonyl (C=O) groups excluding carboxylic acids is 2. The number of carbonyl (C=O) groups is 2. The predicted octanol–water partition coefficient (Wildman–Crippen LogP) is 2.39. The van der Waals surface area contributed by atoms with E-state index in [9.17, 15) is 9.59 Å². The van der Waals surface area contributed by atoms with Crippen LogP contribution >= 0.6 is 0 Å². The molecule has 164 valence electrons. The number of nitrogens with zero attached hydrogens (tertiary/aromatic N) is 5. The van der Waals surface area contributed by atoms with E-state index in [0.717, 1.165) is 51.4 Å². The third-order valence-corrected chi connectivity index (χ3v) is 6.23. The molecular formula is C24H31N5O2. The van der Waals surface area contributed by atoms with E-state index in [1.54, 1.807) is 12.4 Å². The van der Waals surface area contributed by atoms with Crippen molar-refractivity contribution in [1.82, 2.24) is 19.8 Å². The molecule has 1 aromatic heterocycles. The first-order chi connectivity index (χ1) is 15.2. The van der Waals surface area contributed by atoms with E-state index in [2.05, 4.69) is 27.0 Å². The topological polar surface area (TPSA) is 69.6 Å². The van der Waals surface area contributed by atoms with Gasteiger partial charge in [0.15, 0.2) is 0 Å². The van der Waals surface area contributed by atoms with Crippen molar-refractivity contribution < 1.29 is 9.59 Å². The van der Waals surface area contributed by atoms with Gasteiger partial charge in [0.1, 0.15) is 0 Å². The number of hydrogen-bond donors (Lipinski definition) is 0. The van der Waals surface area contributed by atoms with Gasteiger partial charge in [-0.25, -0.2) is 9.97 Å². The number of hydrogen-bond acceptors (Lipinski definition) is 5. The van der Waals surface area contributed by atoms with Crippen LogP contribution in [0.1, 0.15) is 31.2 Å². The SMILES string of the molecule is O=C1CCC(C(=O)N2CCCN(c3ncccn3)CC2)CN1CCCc1ccccc1. The van der Waals surface area contributed by atoms with E-state index in [1.807, 2.05) is 34.1 Å². The molecule has 2 fully saturated rings. The minimum absolute atomic E-state index is 0.0889. The lowest BCUT2D eigenvalue weighted by atomic mass is 9.95. The lowest BCUT2D eigenvalue weighted by molar-refractivity contribution is -0.143. The number of aromatic nitrogens is 2. The Balaban J connectivity index is 1.29. The van der Waals surface area contributed by atoms with Crippen molar-refractivity contribution in [3.63, 3.8) is 0 Å². The van der Waals surface area contributed by atoms with Gasteiger partial charge in [-0.1, -0.05) is 30.3 Å². The van der Waals surface area contributed by atoms with Crippen molar-refractivity contribution in [3.8, 4) is 0 Å². The molecule has 2 aromatic rings. The molecule has 0 bridgehead atoms. The minimum atomic E-state index is -0.0889. The maximum Gasteiger partial charge on any atom is 0.227 e. The number of rotatable bonds is 6. The van der Waals surface area contributed by atoms with Crippen LogP contribution in [-0.2, 0) is 16.0 Å². The Kier molecular flexibility index (Phi) is 7.12. The Labute approximate surface area is 184 Å². The molecular weight excluding hydrogens is 390 g/mol. The fraction of sp³-hybridized carbons (Fsp3) is 0.500. The highest BCUT2D eigenvalue weighted by Gasteiger charge is 2.33. The molecule has 7 nitrogen and oxygen atoms in total. The van der Waals surface area contributed by atoms with Gasteiger partial charge < -0.3 is 14.7 Å². The Morgan fingerprint density at radius 2 is 1.81 bits per heavy atom. The fourth-order valence-electron chi connectivity index (χ4n) is 4.50. The average molecular weight is 422 g/mol. The Bertz CT molecular complexity index is 861. The summed E-state index contributed by atoms with van der Waals surface area (Å²) in [5.74, 6) is 1.01. The van der Waals surface area contributed by atoms with Gasteiger partial charge in [0.25, 0.3) is 0 Å². The maximum atomic E-state index is 13.2. The summed E-state index contributed by atoms with van der Waals surface area (Å²) in [5.41, 5.74) is 1.29. The summed E-state index contributed by atoms with van der Waals surface area (Å²) in [7, 11) is 0. The molecule has 0 spiro atoms. The summed E-state index contributed by atoms with van der Waals surface area (Å²) < 4.78 is 0. The Morgan fingerprint density at radius 1 is 1.00 bits per heavy atom. The molecule has 7 heteroatoms. The highest BCUT2D eigenvalue weighted by atomic mass is 16.2. The second kappa shape index (κ2) is 10.4. The zero-order valence-corrected chi connectivity index (χ0v) is 18.0. The van der Waals surface area contributed by atoms with Crippen LogP contribution in [-0.4, -0.2) is 70.9 Å². The first kappa shape index (κ1) is 21.3. The third kappa shape index (κ3) is 5.60. The molecule has 2 aliphatic heterocycles. The first-order valence-corrected chi connectivity index (χ1v) is 11.3. The van der Waals surface area contributed by atoms with Crippen LogP contribution < -0.4 is 4.90 Å². The summed E-state index contributed by atoms with van der Waals surface area (Å²) in [4.78, 5) is 40.4. The van der Waals surface area contributed by atoms with Crippen molar-refractivity contribution in [3.05, 3.63) is 54.4 Å². The normalized spacial score (nSPS) is 19.9. The van der Waals surface area contributed by atoms with E-state index < -0.39 is 0 Å². The molecule has 1 aromatic carbocycles. The monoisotopic (exact) mass is 421 g/mol. The van der Waals surface area contributed by atoms with Crippen LogP contribution in [0.3, 0.4) is 0 Å². The summed E-state index contributed by atoms with van der Waals surface area (Å²) in [5, 5.41) is 0. The zero-order chi connectivity index (χ0) is 21.5. The zero-order valence-electron chi connectivity index (χ0n) is 18.0. The van der Waals surface area contributed by atoms with Crippen LogP contribution in [0, 0.1) is 5.92 Å². The van der Waals surface area contributed by atoms with Crippen molar-refractivity contribution in [2.75, 3.05) is 44.2 Å². The minimum Gasteiger partial charge on any atom is -0.342 e. The summed E-state index contributed by atoms with van der Waals surface area (Å²) in [6, 6.07) is 12.2. The number of aryl methyl sites for hydroxylation is 1. The number of anilines is 1. The Morgan fingerprint density at radius 3 is 2.61 bits per heavy atom. The van der Waals surface area contributed by atoms with Crippen molar-refractivity contribution in [2.45, 2.75) is 32.1 Å². The van der Waals surface area contributed by atoms with E-state index in [0.29, 0.717) is 25.9 Å². The lowest BCUT2D eigenvalue weighted by Gasteiger charge is -2.34. The van der Waals surface area contributed by atoms with Crippen LogP contribution in [0.15, 0.2) is 48.8 Å². The largest absolute Gasteiger partial charge is 0.342 e. The van der Waals surface area contributed by atoms with Crippen LogP contribution in [0.5, 0.6) is 0 Å². The second-order valence-corrected chi connectivity index (χ2v) is 8.38. The standard InChI is InChI=1S/C24H31N5O2/c30-22-11-10-21(19-29(22)14-4-9-20-7-2-1-3-8-20)23(31)27-15-6-16-28(18-17-27)24-25-12-5-13-26-24/h1-3,5,7-8,12-13,21H,4,6,9-11,14-19H2. The molecule has 3 heterocycles. The molecule has 2 amide bonds. The van der Waals surface area contributed by atoms with Gasteiger partial charge in [0.05, 0.1) is 5.92 Å². The highest BCUT2D eigenvalue weighted by Crippen LogP contribution is 2.22. The molecule has 1 atom stereocenters. The molecule has 0 aliphatic carbocycles. The molecule has 31 heavy (non-hydrogen) atoms. The quantitative estimate of drug-likeness (QED) is 0.716. The average Bonchev–Trinajstić information content (AvgIpc) is 3.07. The van der Waals surface area contributed by atoms with Gasteiger partial charge in [-0.05, 0) is 37.3 Å². The fourth-order valence-corrected chi connectivity index (χ4v) is 4.50. The van der Waals surface area contributed by atoms with E-state index in [-0.39, 0.29) is 17.7 Å². The number of benzene rings is 1. The van der Waals surface area contributed by atoms with Crippen LogP contribution in [0.4, 0.5) is 5.95 Å². The number of likely N-dealkylation sites (tertiary alicyclic amines) is 1. The molecule has 0 N–H and O–H groups in total. The second-order valence-electron chi connectivity index (χ2n) is 8.38. The van der Waals surface area contributed by atoms with Gasteiger partial charge in [0.2, 0.25) is 17.8 Å². The smallest absolute Gasteiger partial charge is 0.227 e. The molecule has 2 saturated heterocycles. The maximum absolute atomic E-state index is 13.2. The van der Waals surface area contributed by atoms with Gasteiger partial charge in [0, 0.05) is 58.1 Å². The van der Waals surface area contributed by atoms with Gasteiger partial charge >= 0.3 is 0 Å². The van der Waals surface area contributed by atoms with Crippen molar-refractivity contribution in [1.29, 1.82) is 0 Å². The van der Waals surface area contributed by atoms with Crippen molar-refractivity contribution >= 4 is 17.8 Å². The van der Waals surface area contributed by atoms with E-state index in [1.165, 1.54) is 5.56 Å². The molecule has 0 radical (unpaired) electrons. The Hall–Kier alpha value is -2.96. The molecule has 4 rings (SSSR count). The van der Waals surface area contributed by atoms with Crippen molar-refractivity contribution in [2.24, 2.45) is 5.92 Å². The summed E-state index contributed by atoms with van der Waals surface area (Å²) >= 11 is 0. The van der Waals surface area contributed by atoms with Crippen LogP contribution in [0.25, 0.3) is 0 Å². The molecule has 2 aliphatic rings. The lowest BCUT2D eigenvalue weighted by Crippen LogP contribution is -2.48. The van der Waals surface area contributed by atoms with Gasteiger partial charge in [-0.3, -0.25) is 9.59 Å². The van der Waals surface area contributed by atoms with Gasteiger partial charge in [-0.2, -0.15) is 0 Å². The molecule has 0 saturated carbocycles. The summed E-state index contributed by atoms with van der Waals surface area (Å²) in [6.45, 7) is 4.28. The predicted molar refractivity (Wildman–Crippen MR) is 120 cm³/mol. The van der Waals surface area contributed by atoms with E-state index >= 15 is 0 Å². The number of piperidine rings is 1. The highest BCUT2D eigenvalue weighted by molar-refractivity contribution is 5.84.